The molecule has 1 fully saturated rings. The van der Waals surface area contributed by atoms with Crippen LogP contribution >= 0.6 is 0 Å². The standard InChI is InChI=1S/C7H8O3/c8-6-3-1-2-5(6)4-7(9)10/h4H,1-3H2,(H,9,10)/b5-4-. The summed E-state index contributed by atoms with van der Waals surface area (Å²) in [5, 5.41) is 8.26. The van der Waals surface area contributed by atoms with Crippen LogP contribution in [-0.4, -0.2) is 16.9 Å². The largest absolute Gasteiger partial charge is 0.478 e. The van der Waals surface area contributed by atoms with Crippen molar-refractivity contribution in [3.8, 4) is 0 Å². The van der Waals surface area contributed by atoms with E-state index in [0.717, 1.165) is 12.5 Å². The number of rotatable bonds is 1. The number of carbonyl (C=O) groups excluding carboxylic acids is 1. The van der Waals surface area contributed by atoms with Crippen LogP contribution in [0.25, 0.3) is 0 Å². The third kappa shape index (κ3) is 1.43. The van der Waals surface area contributed by atoms with E-state index in [1.165, 1.54) is 0 Å². The Morgan fingerprint density at radius 2 is 2.20 bits per heavy atom. The zero-order chi connectivity index (χ0) is 7.56. The Hall–Kier alpha value is -1.12. The second-order valence-corrected chi connectivity index (χ2v) is 2.28. The number of carboxylic acid groups (broad SMARTS) is 1. The summed E-state index contributed by atoms with van der Waals surface area (Å²) >= 11 is 0. The lowest BCUT2D eigenvalue weighted by molar-refractivity contribution is -0.131. The van der Waals surface area contributed by atoms with Crippen molar-refractivity contribution < 1.29 is 14.7 Å². The summed E-state index contributed by atoms with van der Waals surface area (Å²) in [6.45, 7) is 0. The summed E-state index contributed by atoms with van der Waals surface area (Å²) in [4.78, 5) is 20.9. The summed E-state index contributed by atoms with van der Waals surface area (Å²) in [6.07, 6.45) is 2.96. The zero-order valence-electron chi connectivity index (χ0n) is 5.46. The fourth-order valence-electron chi connectivity index (χ4n) is 1.04. The summed E-state index contributed by atoms with van der Waals surface area (Å²) in [7, 11) is 0. The van der Waals surface area contributed by atoms with Crippen molar-refractivity contribution in [3.05, 3.63) is 11.6 Å². The van der Waals surface area contributed by atoms with Gasteiger partial charge in [0.05, 0.1) is 0 Å². The Labute approximate surface area is 58.4 Å². The van der Waals surface area contributed by atoms with Crippen LogP contribution in [0.5, 0.6) is 0 Å². The lowest BCUT2D eigenvalue weighted by Crippen LogP contribution is -1.96. The highest BCUT2D eigenvalue weighted by Gasteiger charge is 2.17. The Kier molecular flexibility index (Phi) is 1.85. The molecule has 0 aromatic carbocycles. The van der Waals surface area contributed by atoms with Crippen LogP contribution in [0.4, 0.5) is 0 Å². The molecule has 0 aromatic heterocycles. The van der Waals surface area contributed by atoms with Gasteiger partial charge in [-0.25, -0.2) is 4.79 Å². The average Bonchev–Trinajstić information content (AvgIpc) is 2.15. The van der Waals surface area contributed by atoms with Crippen molar-refractivity contribution >= 4 is 11.8 Å². The molecule has 0 heterocycles. The van der Waals surface area contributed by atoms with E-state index in [2.05, 4.69) is 0 Å². The summed E-state index contributed by atoms with van der Waals surface area (Å²) in [5.74, 6) is -1.03. The van der Waals surface area contributed by atoms with Crippen LogP contribution in [0.3, 0.4) is 0 Å². The SMILES string of the molecule is O=C(O)/C=C1/CCCC1=O. The Morgan fingerprint density at radius 3 is 2.60 bits per heavy atom. The second-order valence-electron chi connectivity index (χ2n) is 2.28. The molecule has 1 aliphatic rings. The molecule has 0 amide bonds. The predicted molar refractivity (Wildman–Crippen MR) is 34.6 cm³/mol. The number of allylic oxidation sites excluding steroid dienone is 1. The molecular weight excluding hydrogens is 132 g/mol. The van der Waals surface area contributed by atoms with Crippen LogP contribution in [0, 0.1) is 0 Å². The van der Waals surface area contributed by atoms with Crippen LogP contribution in [-0.2, 0) is 9.59 Å². The van der Waals surface area contributed by atoms with Gasteiger partial charge in [0.15, 0.2) is 5.78 Å². The topological polar surface area (TPSA) is 54.4 Å². The van der Waals surface area contributed by atoms with Crippen molar-refractivity contribution in [3.63, 3.8) is 0 Å². The van der Waals surface area contributed by atoms with Crippen LogP contribution < -0.4 is 0 Å². The highest BCUT2D eigenvalue weighted by molar-refractivity contribution is 6.01. The molecule has 0 spiro atoms. The van der Waals surface area contributed by atoms with Crippen molar-refractivity contribution in [2.24, 2.45) is 0 Å². The number of aliphatic carboxylic acids is 1. The van der Waals surface area contributed by atoms with Gasteiger partial charge in [-0.1, -0.05) is 0 Å². The van der Waals surface area contributed by atoms with Crippen molar-refractivity contribution in [2.75, 3.05) is 0 Å². The molecule has 0 unspecified atom stereocenters. The lowest BCUT2D eigenvalue weighted by atomic mass is 10.2. The van der Waals surface area contributed by atoms with Gasteiger partial charge in [-0.3, -0.25) is 4.79 Å². The summed E-state index contributed by atoms with van der Waals surface area (Å²) < 4.78 is 0. The molecule has 0 aliphatic heterocycles. The Balaban J connectivity index is 2.72. The second kappa shape index (κ2) is 2.64. The number of hydrogen-bond acceptors (Lipinski definition) is 2. The van der Waals surface area contributed by atoms with Gasteiger partial charge in [0.2, 0.25) is 0 Å². The first-order valence-electron chi connectivity index (χ1n) is 3.17. The van der Waals surface area contributed by atoms with E-state index in [0.29, 0.717) is 18.4 Å². The fraction of sp³-hybridized carbons (Fsp3) is 0.429. The normalized spacial score (nSPS) is 22.0. The van der Waals surface area contributed by atoms with Gasteiger partial charge >= 0.3 is 5.97 Å². The minimum Gasteiger partial charge on any atom is -0.478 e. The minimum absolute atomic E-state index is 0.0117. The van der Waals surface area contributed by atoms with E-state index in [-0.39, 0.29) is 5.78 Å². The predicted octanol–water partition coefficient (Wildman–Crippen LogP) is 0.750. The molecular formula is C7H8O3. The minimum atomic E-state index is -1.02. The Bertz CT molecular complexity index is 203. The monoisotopic (exact) mass is 140 g/mol. The molecule has 0 radical (unpaired) electrons. The third-order valence-electron chi connectivity index (χ3n) is 1.51. The van der Waals surface area contributed by atoms with Gasteiger partial charge in [-0.05, 0) is 12.8 Å². The van der Waals surface area contributed by atoms with Gasteiger partial charge in [0.1, 0.15) is 0 Å². The van der Waals surface area contributed by atoms with Crippen molar-refractivity contribution in [1.82, 2.24) is 0 Å². The van der Waals surface area contributed by atoms with Gasteiger partial charge in [0, 0.05) is 18.1 Å². The molecule has 3 heteroatoms. The summed E-state index contributed by atoms with van der Waals surface area (Å²) in [5.41, 5.74) is 0.465. The van der Waals surface area contributed by atoms with Gasteiger partial charge in [0.25, 0.3) is 0 Å². The number of carbonyl (C=O) groups is 2. The highest BCUT2D eigenvalue weighted by atomic mass is 16.4. The molecule has 1 rings (SSSR count). The smallest absolute Gasteiger partial charge is 0.328 e. The number of Topliss-reactive ketones (excluding diaryl/α,β-unsaturated/α-hetero) is 1. The maximum absolute atomic E-state index is 10.8. The molecule has 10 heavy (non-hydrogen) atoms. The van der Waals surface area contributed by atoms with Crippen LogP contribution in [0.15, 0.2) is 11.6 Å². The number of hydrogen-bond donors (Lipinski definition) is 1. The molecule has 0 bridgehead atoms. The molecule has 1 N–H and O–H groups in total. The van der Waals surface area contributed by atoms with E-state index < -0.39 is 5.97 Å². The van der Waals surface area contributed by atoms with Gasteiger partial charge in [-0.15, -0.1) is 0 Å². The van der Waals surface area contributed by atoms with E-state index in [1.807, 2.05) is 0 Å². The molecule has 3 nitrogen and oxygen atoms in total. The molecule has 0 saturated heterocycles. The van der Waals surface area contributed by atoms with E-state index >= 15 is 0 Å². The van der Waals surface area contributed by atoms with E-state index in [4.69, 9.17) is 5.11 Å². The van der Waals surface area contributed by atoms with Crippen molar-refractivity contribution in [1.29, 1.82) is 0 Å². The van der Waals surface area contributed by atoms with Crippen molar-refractivity contribution in [2.45, 2.75) is 19.3 Å². The first-order valence-corrected chi connectivity index (χ1v) is 3.17. The highest BCUT2D eigenvalue weighted by Crippen LogP contribution is 2.19. The quantitative estimate of drug-likeness (QED) is 0.547. The Morgan fingerprint density at radius 1 is 1.50 bits per heavy atom. The lowest BCUT2D eigenvalue weighted by Gasteiger charge is -1.87. The van der Waals surface area contributed by atoms with Gasteiger partial charge < -0.3 is 5.11 Å². The zero-order valence-corrected chi connectivity index (χ0v) is 5.46. The first-order chi connectivity index (χ1) is 4.70. The van der Waals surface area contributed by atoms with Crippen LogP contribution in [0.2, 0.25) is 0 Å². The third-order valence-corrected chi connectivity index (χ3v) is 1.51. The molecule has 0 atom stereocenters. The molecule has 0 aromatic rings. The maximum Gasteiger partial charge on any atom is 0.328 e. The first kappa shape index (κ1) is 6.99. The molecule has 1 aliphatic carbocycles. The van der Waals surface area contributed by atoms with Gasteiger partial charge in [-0.2, -0.15) is 0 Å². The fourth-order valence-corrected chi connectivity index (χ4v) is 1.04. The maximum atomic E-state index is 10.8. The molecule has 1 saturated carbocycles. The average molecular weight is 140 g/mol. The molecule has 54 valence electrons. The number of carboxylic acids is 1. The van der Waals surface area contributed by atoms with Crippen LogP contribution in [0.1, 0.15) is 19.3 Å². The number of ketones is 1. The van der Waals surface area contributed by atoms with E-state index in [1.54, 1.807) is 0 Å². The van der Waals surface area contributed by atoms with E-state index in [9.17, 15) is 9.59 Å². The summed E-state index contributed by atoms with van der Waals surface area (Å²) in [6, 6.07) is 0.